The topological polar surface area (TPSA) is 63.8 Å². The van der Waals surface area contributed by atoms with Crippen molar-refractivity contribution < 1.29 is 4.42 Å². The van der Waals surface area contributed by atoms with Crippen LogP contribution in [0.1, 0.15) is 19.7 Å². The summed E-state index contributed by atoms with van der Waals surface area (Å²) in [7, 11) is 0. The number of nitrogens with zero attached hydrogens (tertiary/aromatic N) is 3. The van der Waals surface area contributed by atoms with Crippen LogP contribution in [-0.2, 0) is 5.75 Å². The number of nitrogens with one attached hydrogen (secondary N) is 1. The van der Waals surface area contributed by atoms with E-state index in [0.29, 0.717) is 28.3 Å². The van der Waals surface area contributed by atoms with E-state index >= 15 is 0 Å². The molecule has 126 valence electrons. The molecule has 3 rings (SSSR count). The largest absolute Gasteiger partial charge is 0.440 e. The van der Waals surface area contributed by atoms with Gasteiger partial charge in [-0.25, -0.2) is 4.98 Å². The number of hydrogen-bond acceptors (Lipinski definition) is 7. The summed E-state index contributed by atoms with van der Waals surface area (Å²) in [4.78, 5) is 4.31. The number of hydrogen-bond donors (Lipinski definition) is 1. The maximum Gasteiger partial charge on any atom is 0.206 e. The molecule has 0 atom stereocenters. The van der Waals surface area contributed by atoms with E-state index in [1.165, 1.54) is 0 Å². The third-order valence-electron chi connectivity index (χ3n) is 3.05. The van der Waals surface area contributed by atoms with Crippen molar-refractivity contribution in [2.45, 2.75) is 23.9 Å². The lowest BCUT2D eigenvalue weighted by Crippen LogP contribution is -2.07. The van der Waals surface area contributed by atoms with Crippen molar-refractivity contribution in [2.24, 2.45) is 5.92 Å². The summed E-state index contributed by atoms with van der Waals surface area (Å²) < 4.78 is 6.67. The van der Waals surface area contributed by atoms with Crippen LogP contribution >= 0.6 is 34.7 Å². The minimum absolute atomic E-state index is 0.572. The molecule has 0 saturated carbocycles. The van der Waals surface area contributed by atoms with Gasteiger partial charge in [-0.1, -0.05) is 60.7 Å². The van der Waals surface area contributed by atoms with Gasteiger partial charge >= 0.3 is 0 Å². The minimum atomic E-state index is 0.572. The summed E-state index contributed by atoms with van der Waals surface area (Å²) in [5.74, 6) is 2.55. The Morgan fingerprint density at radius 3 is 3.00 bits per heavy atom. The van der Waals surface area contributed by atoms with Crippen LogP contribution in [0, 0.1) is 5.92 Å². The first-order valence-corrected chi connectivity index (χ1v) is 9.69. The molecule has 0 radical (unpaired) electrons. The molecule has 0 amide bonds. The van der Waals surface area contributed by atoms with Gasteiger partial charge in [0.2, 0.25) is 11.0 Å². The predicted molar refractivity (Wildman–Crippen MR) is 99.7 cm³/mol. The molecule has 0 saturated heterocycles. The standard InChI is InChI=1S/C16H17ClN4OS2/c1-10(2)7-19-15-20-21-16(24-15)23-9-14-18-8-13(22-14)11-4-3-5-12(17)6-11/h3-6,8,10H,7,9H2,1-2H3,(H,19,20). The van der Waals surface area contributed by atoms with E-state index in [4.69, 9.17) is 16.0 Å². The molecule has 24 heavy (non-hydrogen) atoms. The number of halogens is 1. The van der Waals surface area contributed by atoms with E-state index in [2.05, 4.69) is 34.3 Å². The van der Waals surface area contributed by atoms with E-state index in [0.717, 1.165) is 21.6 Å². The number of thioether (sulfide) groups is 1. The molecule has 0 fully saturated rings. The van der Waals surface area contributed by atoms with Crippen LogP contribution in [-0.4, -0.2) is 21.7 Å². The van der Waals surface area contributed by atoms with Gasteiger partial charge in [0, 0.05) is 17.1 Å². The first kappa shape index (κ1) is 17.3. The molecule has 0 spiro atoms. The van der Waals surface area contributed by atoms with Crippen LogP contribution in [0.3, 0.4) is 0 Å². The smallest absolute Gasteiger partial charge is 0.206 e. The van der Waals surface area contributed by atoms with E-state index in [9.17, 15) is 0 Å². The van der Waals surface area contributed by atoms with Gasteiger partial charge in [-0.2, -0.15) is 0 Å². The third-order valence-corrected chi connectivity index (χ3v) is 5.28. The first-order chi connectivity index (χ1) is 11.6. The Morgan fingerprint density at radius 2 is 2.21 bits per heavy atom. The number of rotatable bonds is 7. The Morgan fingerprint density at radius 1 is 1.33 bits per heavy atom. The summed E-state index contributed by atoms with van der Waals surface area (Å²) in [5, 5.41) is 13.1. The van der Waals surface area contributed by atoms with E-state index < -0.39 is 0 Å². The van der Waals surface area contributed by atoms with Crippen molar-refractivity contribution in [3.8, 4) is 11.3 Å². The Hall–Kier alpha value is -1.57. The molecule has 0 aliphatic carbocycles. The Bertz CT molecular complexity index is 803. The average molecular weight is 381 g/mol. The van der Waals surface area contributed by atoms with Crippen LogP contribution in [0.5, 0.6) is 0 Å². The van der Waals surface area contributed by atoms with Gasteiger partial charge in [0.15, 0.2) is 10.1 Å². The van der Waals surface area contributed by atoms with Gasteiger partial charge in [-0.3, -0.25) is 0 Å². The molecule has 0 aliphatic heterocycles. The summed E-state index contributed by atoms with van der Waals surface area (Å²) >= 11 is 9.11. The Balaban J connectivity index is 1.58. The van der Waals surface area contributed by atoms with Crippen molar-refractivity contribution in [3.63, 3.8) is 0 Å². The molecule has 0 bridgehead atoms. The quantitative estimate of drug-likeness (QED) is 0.568. The lowest BCUT2D eigenvalue weighted by atomic mass is 10.2. The third kappa shape index (κ3) is 4.72. The Labute approximate surface area is 153 Å². The van der Waals surface area contributed by atoms with Crippen molar-refractivity contribution in [3.05, 3.63) is 41.4 Å². The van der Waals surface area contributed by atoms with E-state index in [1.807, 2.05) is 24.3 Å². The molecular formula is C16H17ClN4OS2. The maximum atomic E-state index is 6.00. The van der Waals surface area contributed by atoms with Crippen molar-refractivity contribution in [1.29, 1.82) is 0 Å². The first-order valence-electron chi connectivity index (χ1n) is 7.51. The molecule has 1 N–H and O–H groups in total. The van der Waals surface area contributed by atoms with Gasteiger partial charge < -0.3 is 9.73 Å². The zero-order chi connectivity index (χ0) is 16.9. The van der Waals surface area contributed by atoms with Crippen molar-refractivity contribution in [2.75, 3.05) is 11.9 Å². The zero-order valence-electron chi connectivity index (χ0n) is 13.3. The lowest BCUT2D eigenvalue weighted by molar-refractivity contribution is 0.530. The molecule has 8 heteroatoms. The van der Waals surface area contributed by atoms with Crippen molar-refractivity contribution >= 4 is 39.8 Å². The molecule has 2 heterocycles. The van der Waals surface area contributed by atoms with E-state index in [1.54, 1.807) is 29.3 Å². The van der Waals surface area contributed by atoms with Crippen LogP contribution < -0.4 is 5.32 Å². The highest BCUT2D eigenvalue weighted by Crippen LogP contribution is 2.30. The van der Waals surface area contributed by atoms with Crippen LogP contribution in [0.15, 0.2) is 39.2 Å². The zero-order valence-corrected chi connectivity index (χ0v) is 15.7. The van der Waals surface area contributed by atoms with Gasteiger partial charge in [0.05, 0.1) is 11.9 Å². The van der Waals surface area contributed by atoms with Gasteiger partial charge in [0.25, 0.3) is 0 Å². The lowest BCUT2D eigenvalue weighted by Gasteiger charge is -2.03. The number of aromatic nitrogens is 3. The van der Waals surface area contributed by atoms with Gasteiger partial charge in [-0.05, 0) is 18.1 Å². The highest BCUT2D eigenvalue weighted by Gasteiger charge is 2.10. The molecule has 5 nitrogen and oxygen atoms in total. The number of anilines is 1. The number of benzene rings is 1. The van der Waals surface area contributed by atoms with Crippen LogP contribution in [0.25, 0.3) is 11.3 Å². The number of oxazole rings is 1. The predicted octanol–water partition coefficient (Wildman–Crippen LogP) is 5.21. The highest BCUT2D eigenvalue weighted by atomic mass is 35.5. The summed E-state index contributed by atoms with van der Waals surface area (Å²) in [5.41, 5.74) is 0.919. The molecular weight excluding hydrogens is 364 g/mol. The molecule has 3 aromatic rings. The van der Waals surface area contributed by atoms with Crippen LogP contribution in [0.2, 0.25) is 5.02 Å². The fraction of sp³-hybridized carbons (Fsp3) is 0.312. The minimum Gasteiger partial charge on any atom is -0.440 e. The second-order valence-corrected chi connectivity index (χ2v) is 8.20. The average Bonchev–Trinajstić information content (AvgIpc) is 3.20. The highest BCUT2D eigenvalue weighted by molar-refractivity contribution is 8.00. The fourth-order valence-corrected chi connectivity index (χ4v) is 3.71. The SMILES string of the molecule is CC(C)CNc1nnc(SCc2ncc(-c3cccc(Cl)c3)o2)s1. The second-order valence-electron chi connectivity index (χ2n) is 5.57. The molecule has 0 aliphatic rings. The molecule has 2 aromatic heterocycles. The van der Waals surface area contributed by atoms with E-state index in [-0.39, 0.29) is 0 Å². The Kier molecular flexibility index (Phi) is 5.76. The summed E-state index contributed by atoms with van der Waals surface area (Å²) in [6, 6.07) is 7.53. The fourth-order valence-electron chi connectivity index (χ4n) is 1.91. The van der Waals surface area contributed by atoms with Gasteiger partial charge in [0.1, 0.15) is 0 Å². The molecule has 0 unspecified atom stereocenters. The van der Waals surface area contributed by atoms with Gasteiger partial charge in [-0.15, -0.1) is 10.2 Å². The normalized spacial score (nSPS) is 11.2. The second kappa shape index (κ2) is 8.00. The summed E-state index contributed by atoms with van der Waals surface area (Å²) in [6.07, 6.45) is 1.72. The van der Waals surface area contributed by atoms with Crippen LogP contribution in [0.4, 0.5) is 5.13 Å². The molecule has 1 aromatic carbocycles. The monoisotopic (exact) mass is 380 g/mol. The van der Waals surface area contributed by atoms with Crippen molar-refractivity contribution in [1.82, 2.24) is 15.2 Å². The maximum absolute atomic E-state index is 6.00. The summed E-state index contributed by atoms with van der Waals surface area (Å²) in [6.45, 7) is 5.20.